The van der Waals surface area contributed by atoms with Gasteiger partial charge in [0.25, 0.3) is 0 Å². The Balaban J connectivity index is 1.83. The summed E-state index contributed by atoms with van der Waals surface area (Å²) in [4.78, 5) is 0. The lowest BCUT2D eigenvalue weighted by Crippen LogP contribution is -1.99. The molecule has 3 rings (SSSR count). The van der Waals surface area contributed by atoms with Crippen LogP contribution in [0.1, 0.15) is 22.3 Å². The largest absolute Gasteiger partial charge is 0.214 e. The lowest BCUT2D eigenvalue weighted by molar-refractivity contribution is 0.756. The number of benzene rings is 2. The fourth-order valence-electron chi connectivity index (χ4n) is 2.57. The Kier molecular flexibility index (Phi) is 4.24. The van der Waals surface area contributed by atoms with Gasteiger partial charge in [0.05, 0.1) is 5.69 Å². The summed E-state index contributed by atoms with van der Waals surface area (Å²) in [6.07, 6.45) is 0. The number of hydrogen-bond donors (Lipinski definition) is 0. The summed E-state index contributed by atoms with van der Waals surface area (Å²) in [5.74, 6) is 0.866. The van der Waals surface area contributed by atoms with Gasteiger partial charge in [0, 0.05) is 5.75 Å². The highest BCUT2D eigenvalue weighted by Gasteiger charge is 2.11. The third-order valence-corrected chi connectivity index (χ3v) is 4.57. The van der Waals surface area contributed by atoms with Crippen molar-refractivity contribution in [2.75, 3.05) is 0 Å². The van der Waals surface area contributed by atoms with Crippen LogP contribution >= 0.6 is 11.8 Å². The molecule has 1 heterocycles. The summed E-state index contributed by atoms with van der Waals surface area (Å²) >= 11 is 1.66. The minimum absolute atomic E-state index is 0.811. The molecule has 0 amide bonds. The maximum absolute atomic E-state index is 4.15. The number of thioether (sulfide) groups is 1. The molecule has 0 saturated carbocycles. The Morgan fingerprint density at radius 1 is 1.00 bits per heavy atom. The smallest absolute Gasteiger partial charge is 0.188 e. The molecule has 0 atom stereocenters. The molecular weight excluding hydrogens is 292 g/mol. The predicted octanol–water partition coefficient (Wildman–Crippen LogP) is 3.88. The van der Waals surface area contributed by atoms with Gasteiger partial charge in [0.2, 0.25) is 5.16 Å². The van der Waals surface area contributed by atoms with E-state index < -0.39 is 0 Å². The van der Waals surface area contributed by atoms with Gasteiger partial charge in [-0.1, -0.05) is 47.7 Å². The second-order valence-electron chi connectivity index (χ2n) is 5.37. The first-order chi connectivity index (χ1) is 10.6. The van der Waals surface area contributed by atoms with Crippen molar-refractivity contribution in [3.05, 3.63) is 64.7 Å². The van der Waals surface area contributed by atoms with Gasteiger partial charge in [-0.15, -0.1) is 5.10 Å². The number of aromatic nitrogens is 4. The van der Waals surface area contributed by atoms with Gasteiger partial charge in [-0.2, -0.15) is 4.68 Å². The lowest BCUT2D eigenvalue weighted by atomic mass is 10.0. The Morgan fingerprint density at radius 3 is 2.36 bits per heavy atom. The first-order valence-electron chi connectivity index (χ1n) is 7.18. The van der Waals surface area contributed by atoms with E-state index in [4.69, 9.17) is 0 Å². The van der Waals surface area contributed by atoms with Crippen molar-refractivity contribution in [1.82, 2.24) is 20.2 Å². The van der Waals surface area contributed by atoms with E-state index in [0.717, 1.165) is 16.6 Å². The van der Waals surface area contributed by atoms with Crippen molar-refractivity contribution in [3.8, 4) is 5.69 Å². The van der Waals surface area contributed by atoms with Crippen LogP contribution in [0.15, 0.2) is 47.6 Å². The molecule has 0 aliphatic rings. The maximum Gasteiger partial charge on any atom is 0.214 e. The first-order valence-corrected chi connectivity index (χ1v) is 8.17. The quantitative estimate of drug-likeness (QED) is 0.686. The molecule has 22 heavy (non-hydrogen) atoms. The molecule has 0 radical (unpaired) electrons. The molecule has 1 aromatic heterocycles. The normalized spacial score (nSPS) is 10.9. The van der Waals surface area contributed by atoms with E-state index in [1.165, 1.54) is 22.3 Å². The highest BCUT2D eigenvalue weighted by molar-refractivity contribution is 7.98. The average Bonchev–Trinajstić information content (AvgIpc) is 2.95. The zero-order valence-corrected chi connectivity index (χ0v) is 13.8. The zero-order chi connectivity index (χ0) is 15.5. The summed E-state index contributed by atoms with van der Waals surface area (Å²) in [5, 5.41) is 12.9. The molecule has 4 nitrogen and oxygen atoms in total. The third-order valence-electron chi connectivity index (χ3n) is 3.63. The highest BCUT2D eigenvalue weighted by Crippen LogP contribution is 2.26. The van der Waals surface area contributed by atoms with Crippen molar-refractivity contribution in [2.45, 2.75) is 31.7 Å². The van der Waals surface area contributed by atoms with Gasteiger partial charge in [-0.05, 0) is 60.0 Å². The Morgan fingerprint density at radius 2 is 1.68 bits per heavy atom. The van der Waals surface area contributed by atoms with Crippen LogP contribution in [0.3, 0.4) is 0 Å². The van der Waals surface area contributed by atoms with Crippen molar-refractivity contribution in [3.63, 3.8) is 0 Å². The van der Waals surface area contributed by atoms with Crippen LogP contribution in [0.4, 0.5) is 0 Å². The number of aryl methyl sites for hydroxylation is 3. The van der Waals surface area contributed by atoms with Crippen molar-refractivity contribution in [1.29, 1.82) is 0 Å². The SMILES string of the molecule is Cc1cc(C)c(CSc2nnnn2-c2ccccc2)c(C)c1. The van der Waals surface area contributed by atoms with Crippen LogP contribution in [-0.2, 0) is 5.75 Å². The van der Waals surface area contributed by atoms with Gasteiger partial charge in [-0.3, -0.25) is 0 Å². The van der Waals surface area contributed by atoms with E-state index in [9.17, 15) is 0 Å². The predicted molar refractivity (Wildman–Crippen MR) is 89.4 cm³/mol. The zero-order valence-electron chi connectivity index (χ0n) is 12.9. The number of tetrazole rings is 1. The summed E-state index contributed by atoms with van der Waals surface area (Å²) < 4.78 is 1.78. The Hall–Kier alpha value is -2.14. The van der Waals surface area contributed by atoms with Crippen LogP contribution in [0, 0.1) is 20.8 Å². The molecule has 3 aromatic rings. The molecule has 0 aliphatic carbocycles. The molecule has 112 valence electrons. The summed E-state index contributed by atoms with van der Waals surface area (Å²) in [6, 6.07) is 14.4. The van der Waals surface area contributed by atoms with E-state index in [2.05, 4.69) is 48.4 Å². The first kappa shape index (κ1) is 14.8. The second-order valence-corrected chi connectivity index (χ2v) is 6.32. The van der Waals surface area contributed by atoms with E-state index in [-0.39, 0.29) is 0 Å². The maximum atomic E-state index is 4.15. The Labute approximate surface area is 134 Å². The lowest BCUT2D eigenvalue weighted by Gasteiger charge is -2.11. The minimum Gasteiger partial charge on any atom is -0.188 e. The molecule has 5 heteroatoms. The van der Waals surface area contributed by atoms with Gasteiger partial charge in [0.15, 0.2) is 0 Å². The molecule has 0 unspecified atom stereocenters. The van der Waals surface area contributed by atoms with Gasteiger partial charge in [-0.25, -0.2) is 0 Å². The van der Waals surface area contributed by atoms with E-state index >= 15 is 0 Å². The number of hydrogen-bond acceptors (Lipinski definition) is 4. The molecule has 0 bridgehead atoms. The van der Waals surface area contributed by atoms with Crippen LogP contribution < -0.4 is 0 Å². The molecule has 0 saturated heterocycles. The standard InChI is InChI=1S/C17H18N4S/c1-12-9-13(2)16(14(3)10-12)11-22-17-18-19-20-21(17)15-7-5-4-6-8-15/h4-10H,11H2,1-3H3. The molecule has 2 aromatic carbocycles. The monoisotopic (exact) mass is 310 g/mol. The van der Waals surface area contributed by atoms with Gasteiger partial charge < -0.3 is 0 Å². The second kappa shape index (κ2) is 6.32. The molecule has 0 aliphatic heterocycles. The molecule has 0 fully saturated rings. The summed E-state index contributed by atoms with van der Waals surface area (Å²) in [5.41, 5.74) is 6.29. The number of nitrogens with zero attached hydrogens (tertiary/aromatic N) is 4. The summed E-state index contributed by atoms with van der Waals surface area (Å²) in [7, 11) is 0. The minimum atomic E-state index is 0.811. The van der Waals surface area contributed by atoms with Gasteiger partial charge >= 0.3 is 0 Å². The number of para-hydroxylation sites is 1. The topological polar surface area (TPSA) is 43.6 Å². The van der Waals surface area contributed by atoms with Gasteiger partial charge in [0.1, 0.15) is 0 Å². The van der Waals surface area contributed by atoms with E-state index in [0.29, 0.717) is 0 Å². The van der Waals surface area contributed by atoms with Crippen LogP contribution in [0.5, 0.6) is 0 Å². The van der Waals surface area contributed by atoms with E-state index in [1.54, 1.807) is 16.4 Å². The summed E-state index contributed by atoms with van der Waals surface area (Å²) in [6.45, 7) is 6.46. The third kappa shape index (κ3) is 3.04. The molecule has 0 spiro atoms. The van der Waals surface area contributed by atoms with Crippen molar-refractivity contribution in [2.24, 2.45) is 0 Å². The highest BCUT2D eigenvalue weighted by atomic mass is 32.2. The Bertz CT molecular complexity index is 757. The van der Waals surface area contributed by atoms with Crippen molar-refractivity contribution >= 4 is 11.8 Å². The van der Waals surface area contributed by atoms with E-state index in [1.807, 2.05) is 30.3 Å². The molecular formula is C17H18N4S. The van der Waals surface area contributed by atoms with Crippen LogP contribution in [-0.4, -0.2) is 20.2 Å². The average molecular weight is 310 g/mol. The number of rotatable bonds is 4. The van der Waals surface area contributed by atoms with Crippen LogP contribution in [0.2, 0.25) is 0 Å². The fourth-order valence-corrected chi connectivity index (χ4v) is 3.66. The van der Waals surface area contributed by atoms with Crippen molar-refractivity contribution < 1.29 is 0 Å². The fraction of sp³-hybridized carbons (Fsp3) is 0.235. The van der Waals surface area contributed by atoms with Crippen LogP contribution in [0.25, 0.3) is 5.69 Å². The molecule has 0 N–H and O–H groups in total.